The number of aliphatic hydroxyl groups excluding tert-OH is 1. The number of hydrogen-bond donors (Lipinski definition) is 1. The van der Waals surface area contributed by atoms with E-state index in [2.05, 4.69) is 0 Å². The van der Waals surface area contributed by atoms with Crippen LogP contribution in [0.15, 0.2) is 47.8 Å². The van der Waals surface area contributed by atoms with Crippen molar-refractivity contribution in [2.45, 2.75) is 6.42 Å². The first-order valence-corrected chi connectivity index (χ1v) is 3.71. The minimum Gasteiger partial charge on any atom is -0.515 e. The Kier molecular flexibility index (Phi) is 3.08. The van der Waals surface area contributed by atoms with Gasteiger partial charge in [0, 0.05) is 0 Å². The van der Waals surface area contributed by atoms with Gasteiger partial charge in [0.05, 0.1) is 11.8 Å². The molecule has 1 rings (SSSR count). The van der Waals surface area contributed by atoms with Gasteiger partial charge >= 0.3 is 0 Å². The molecular weight excluding hydrogens is 152 g/mol. The lowest BCUT2D eigenvalue weighted by atomic mass is 10.1. The van der Waals surface area contributed by atoms with Crippen molar-refractivity contribution in [1.82, 2.24) is 0 Å². The Morgan fingerprint density at radius 2 is 2.25 bits per heavy atom. The maximum absolute atomic E-state index is 10.4. The van der Waals surface area contributed by atoms with Gasteiger partial charge in [0.2, 0.25) is 0 Å². The Morgan fingerprint density at radius 3 is 2.92 bits per heavy atom. The molecule has 2 nitrogen and oxygen atoms in total. The van der Waals surface area contributed by atoms with Crippen LogP contribution in [0, 0.1) is 0 Å². The van der Waals surface area contributed by atoms with Crippen LogP contribution < -0.4 is 0 Å². The third-order valence-electron chi connectivity index (χ3n) is 1.63. The summed E-state index contributed by atoms with van der Waals surface area (Å²) in [4.78, 5) is 10.4. The fourth-order valence-electron chi connectivity index (χ4n) is 0.981. The van der Waals surface area contributed by atoms with E-state index in [9.17, 15) is 4.79 Å². The van der Waals surface area contributed by atoms with Crippen LogP contribution in [0.4, 0.5) is 0 Å². The molecule has 1 aliphatic rings. The van der Waals surface area contributed by atoms with Crippen LogP contribution in [0.2, 0.25) is 0 Å². The molecule has 0 aromatic carbocycles. The van der Waals surface area contributed by atoms with Crippen molar-refractivity contribution in [3.8, 4) is 0 Å². The molecule has 12 heavy (non-hydrogen) atoms. The zero-order valence-electron chi connectivity index (χ0n) is 6.60. The molecule has 0 fully saturated rings. The Balaban J connectivity index is 2.87. The number of hydrogen-bond acceptors (Lipinski definition) is 2. The van der Waals surface area contributed by atoms with Crippen molar-refractivity contribution >= 4 is 6.29 Å². The highest BCUT2D eigenvalue weighted by Crippen LogP contribution is 2.14. The van der Waals surface area contributed by atoms with Gasteiger partial charge in [-0.15, -0.1) is 0 Å². The van der Waals surface area contributed by atoms with Crippen molar-refractivity contribution in [2.75, 3.05) is 0 Å². The SMILES string of the molecule is O=C/C(=C/O)C1=CC=CC=CC1. The first-order valence-electron chi connectivity index (χ1n) is 3.71. The fourth-order valence-corrected chi connectivity index (χ4v) is 0.981. The number of carbonyl (C=O) groups excluding carboxylic acids is 1. The van der Waals surface area contributed by atoms with Gasteiger partial charge in [0.25, 0.3) is 0 Å². The predicted molar refractivity (Wildman–Crippen MR) is 47.8 cm³/mol. The van der Waals surface area contributed by atoms with Crippen LogP contribution in [0.25, 0.3) is 0 Å². The third-order valence-corrected chi connectivity index (χ3v) is 1.63. The van der Waals surface area contributed by atoms with Crippen LogP contribution >= 0.6 is 0 Å². The van der Waals surface area contributed by atoms with E-state index in [1.165, 1.54) is 0 Å². The van der Waals surface area contributed by atoms with Gasteiger partial charge < -0.3 is 5.11 Å². The first-order chi connectivity index (χ1) is 5.88. The lowest BCUT2D eigenvalue weighted by Gasteiger charge is -1.99. The van der Waals surface area contributed by atoms with Crippen LogP contribution in [0.5, 0.6) is 0 Å². The summed E-state index contributed by atoms with van der Waals surface area (Å²) < 4.78 is 0. The molecule has 0 radical (unpaired) electrons. The van der Waals surface area contributed by atoms with Crippen molar-refractivity contribution < 1.29 is 9.90 Å². The van der Waals surface area contributed by atoms with E-state index >= 15 is 0 Å². The zero-order valence-corrected chi connectivity index (χ0v) is 6.60. The smallest absolute Gasteiger partial charge is 0.153 e. The molecule has 1 N–H and O–H groups in total. The average molecular weight is 162 g/mol. The van der Waals surface area contributed by atoms with E-state index in [4.69, 9.17) is 5.11 Å². The number of aliphatic hydroxyl groups is 1. The molecule has 0 amide bonds. The second-order valence-electron chi connectivity index (χ2n) is 2.41. The van der Waals surface area contributed by atoms with Gasteiger partial charge in [-0.25, -0.2) is 0 Å². The first kappa shape index (κ1) is 8.53. The minimum atomic E-state index is 0.339. The van der Waals surface area contributed by atoms with Crippen LogP contribution in [0.1, 0.15) is 6.42 Å². The van der Waals surface area contributed by atoms with E-state index in [0.29, 0.717) is 18.3 Å². The van der Waals surface area contributed by atoms with E-state index in [1.807, 2.05) is 30.4 Å². The maximum atomic E-state index is 10.4. The molecule has 0 saturated carbocycles. The molecule has 62 valence electrons. The average Bonchev–Trinajstić information content (AvgIpc) is 2.35. The van der Waals surface area contributed by atoms with Gasteiger partial charge in [-0.2, -0.15) is 0 Å². The maximum Gasteiger partial charge on any atom is 0.153 e. The Morgan fingerprint density at radius 1 is 1.42 bits per heavy atom. The van der Waals surface area contributed by atoms with Crippen molar-refractivity contribution in [3.63, 3.8) is 0 Å². The molecule has 2 heteroatoms. The summed E-state index contributed by atoms with van der Waals surface area (Å²) >= 11 is 0. The summed E-state index contributed by atoms with van der Waals surface area (Å²) in [5.41, 5.74) is 1.17. The third kappa shape index (κ3) is 1.95. The normalized spacial score (nSPS) is 17.0. The summed E-state index contributed by atoms with van der Waals surface area (Å²) in [5.74, 6) is 0. The summed E-state index contributed by atoms with van der Waals surface area (Å²) in [6.45, 7) is 0. The van der Waals surface area contributed by atoms with E-state index < -0.39 is 0 Å². The standard InChI is InChI=1S/C10H10O2/c11-7-10(8-12)9-5-3-1-2-4-6-9/h1-5,7-8,11H,6H2/b10-7-. The number of rotatable bonds is 2. The Hall–Kier alpha value is -1.57. The highest BCUT2D eigenvalue weighted by Gasteiger charge is 2.01. The van der Waals surface area contributed by atoms with E-state index in [1.54, 1.807) is 0 Å². The molecule has 0 bridgehead atoms. The van der Waals surface area contributed by atoms with Gasteiger partial charge in [0.1, 0.15) is 0 Å². The fraction of sp³-hybridized carbons (Fsp3) is 0.100. The van der Waals surface area contributed by atoms with Crippen molar-refractivity contribution in [3.05, 3.63) is 47.8 Å². The molecule has 0 saturated heterocycles. The highest BCUT2D eigenvalue weighted by molar-refractivity contribution is 5.80. The quantitative estimate of drug-likeness (QED) is 0.383. The molecule has 0 aliphatic heterocycles. The number of allylic oxidation sites excluding steroid dienone is 7. The summed E-state index contributed by atoms with van der Waals surface area (Å²) in [5, 5.41) is 8.69. The molecule has 0 heterocycles. The topological polar surface area (TPSA) is 37.3 Å². The lowest BCUT2D eigenvalue weighted by molar-refractivity contribution is -0.104. The van der Waals surface area contributed by atoms with Crippen molar-refractivity contribution in [1.29, 1.82) is 0 Å². The number of carbonyl (C=O) groups is 1. The van der Waals surface area contributed by atoms with Crippen molar-refractivity contribution in [2.24, 2.45) is 0 Å². The minimum absolute atomic E-state index is 0.339. The Bertz CT molecular complexity index is 280. The molecule has 0 aromatic rings. The van der Waals surface area contributed by atoms with Crippen LogP contribution in [-0.2, 0) is 4.79 Å². The molecular formula is C10H10O2. The van der Waals surface area contributed by atoms with E-state index in [0.717, 1.165) is 11.8 Å². The van der Waals surface area contributed by atoms with Gasteiger partial charge in [-0.1, -0.05) is 30.4 Å². The van der Waals surface area contributed by atoms with Gasteiger partial charge in [0.15, 0.2) is 6.29 Å². The second-order valence-corrected chi connectivity index (χ2v) is 2.41. The number of aldehydes is 1. The second kappa shape index (κ2) is 4.34. The highest BCUT2D eigenvalue weighted by atomic mass is 16.2. The lowest BCUT2D eigenvalue weighted by Crippen LogP contribution is -1.89. The predicted octanol–water partition coefficient (Wildman–Crippen LogP) is 2.07. The van der Waals surface area contributed by atoms with Gasteiger partial charge in [-0.3, -0.25) is 4.79 Å². The van der Waals surface area contributed by atoms with Crippen LogP contribution in [-0.4, -0.2) is 11.4 Å². The Labute approximate surface area is 71.2 Å². The van der Waals surface area contributed by atoms with Crippen LogP contribution in [0.3, 0.4) is 0 Å². The summed E-state index contributed by atoms with van der Waals surface area (Å²) in [7, 11) is 0. The largest absolute Gasteiger partial charge is 0.515 e. The molecule has 0 aromatic heterocycles. The molecule has 0 atom stereocenters. The molecule has 0 unspecified atom stereocenters. The van der Waals surface area contributed by atoms with Gasteiger partial charge in [-0.05, 0) is 12.0 Å². The summed E-state index contributed by atoms with van der Waals surface area (Å²) in [6, 6.07) is 0. The monoisotopic (exact) mass is 162 g/mol. The van der Waals surface area contributed by atoms with E-state index in [-0.39, 0.29) is 0 Å². The molecule has 0 spiro atoms. The summed E-state index contributed by atoms with van der Waals surface area (Å²) in [6.07, 6.45) is 11.5. The zero-order chi connectivity index (χ0) is 8.81. The molecule has 1 aliphatic carbocycles.